The van der Waals surface area contributed by atoms with Crippen LogP contribution in [-0.2, 0) is 14.3 Å². The first-order valence-corrected chi connectivity index (χ1v) is 9.28. The van der Waals surface area contributed by atoms with E-state index in [1.807, 2.05) is 6.92 Å². The highest BCUT2D eigenvalue weighted by Gasteiger charge is 2.16. The Labute approximate surface area is 159 Å². The predicted molar refractivity (Wildman–Crippen MR) is 101 cm³/mol. The zero-order valence-corrected chi connectivity index (χ0v) is 15.9. The van der Waals surface area contributed by atoms with Crippen molar-refractivity contribution in [2.45, 2.75) is 64.9 Å². The Morgan fingerprint density at radius 1 is 1.07 bits per heavy atom. The first kappa shape index (κ1) is 22.3. The van der Waals surface area contributed by atoms with E-state index < -0.39 is 16.9 Å². The van der Waals surface area contributed by atoms with Crippen LogP contribution in [0.4, 0.5) is 5.69 Å². The van der Waals surface area contributed by atoms with Crippen molar-refractivity contribution >= 4 is 17.6 Å². The molecule has 1 rings (SSSR count). The van der Waals surface area contributed by atoms with E-state index in [1.165, 1.54) is 49.9 Å². The number of hydrogen-bond donors (Lipinski definition) is 0. The van der Waals surface area contributed by atoms with E-state index in [4.69, 9.17) is 9.47 Å². The normalized spacial score (nSPS) is 11.9. The molecule has 1 aromatic carbocycles. The second kappa shape index (κ2) is 12.6. The molecule has 0 spiro atoms. The molecule has 7 nitrogen and oxygen atoms in total. The molecule has 0 aromatic heterocycles. The first-order valence-electron chi connectivity index (χ1n) is 9.28. The first-order chi connectivity index (χ1) is 12.9. The molecule has 1 aromatic rings. The van der Waals surface area contributed by atoms with Crippen LogP contribution in [0.2, 0.25) is 0 Å². The highest BCUT2D eigenvalue weighted by Crippen LogP contribution is 2.25. The molecule has 0 aliphatic rings. The van der Waals surface area contributed by atoms with Crippen LogP contribution in [-0.4, -0.2) is 23.0 Å². The van der Waals surface area contributed by atoms with Crippen LogP contribution < -0.4 is 4.74 Å². The second-order valence-electron chi connectivity index (χ2n) is 6.28. The minimum Gasteiger partial charge on any atom is -0.460 e. The summed E-state index contributed by atoms with van der Waals surface area (Å²) in [5.41, 5.74) is -0.325. The van der Waals surface area contributed by atoms with Crippen LogP contribution in [0.1, 0.15) is 58.8 Å². The van der Waals surface area contributed by atoms with Crippen LogP contribution in [0.3, 0.4) is 0 Å². The van der Waals surface area contributed by atoms with Crippen molar-refractivity contribution in [1.29, 1.82) is 0 Å². The van der Waals surface area contributed by atoms with E-state index >= 15 is 0 Å². The van der Waals surface area contributed by atoms with Gasteiger partial charge >= 0.3 is 17.6 Å². The van der Waals surface area contributed by atoms with Crippen molar-refractivity contribution in [2.75, 3.05) is 0 Å². The summed E-state index contributed by atoms with van der Waals surface area (Å²) in [7, 11) is 0. The lowest BCUT2D eigenvalue weighted by Gasteiger charge is -2.11. The van der Waals surface area contributed by atoms with Crippen molar-refractivity contribution in [2.24, 2.45) is 0 Å². The van der Waals surface area contributed by atoms with Crippen LogP contribution in [0.5, 0.6) is 5.75 Å². The van der Waals surface area contributed by atoms with Crippen LogP contribution in [0, 0.1) is 10.1 Å². The summed E-state index contributed by atoms with van der Waals surface area (Å²) >= 11 is 0. The summed E-state index contributed by atoms with van der Waals surface area (Å²) in [6.45, 7) is 3.98. The lowest BCUT2D eigenvalue weighted by molar-refractivity contribution is -0.385. The molecular formula is C20H27NO6. The maximum absolute atomic E-state index is 11.7. The maximum Gasteiger partial charge on any atom is 0.336 e. The second-order valence-corrected chi connectivity index (χ2v) is 6.28. The Bertz CT molecular complexity index is 656. The molecule has 27 heavy (non-hydrogen) atoms. The maximum atomic E-state index is 11.7. The fraction of sp³-hybridized carbons (Fsp3) is 0.500. The zero-order chi connectivity index (χ0) is 20.1. The van der Waals surface area contributed by atoms with E-state index in [-0.39, 0.29) is 17.5 Å². The Balaban J connectivity index is 2.36. The van der Waals surface area contributed by atoms with Gasteiger partial charge in [-0.15, -0.1) is 0 Å². The van der Waals surface area contributed by atoms with Gasteiger partial charge in [0.2, 0.25) is 5.75 Å². The Hall–Kier alpha value is -2.70. The average molecular weight is 377 g/mol. The van der Waals surface area contributed by atoms with Crippen LogP contribution in [0.15, 0.2) is 36.4 Å². The van der Waals surface area contributed by atoms with Crippen molar-refractivity contribution in [1.82, 2.24) is 0 Å². The molecule has 0 heterocycles. The smallest absolute Gasteiger partial charge is 0.336 e. The molecule has 0 N–H and O–H groups in total. The lowest BCUT2D eigenvalue weighted by Crippen LogP contribution is -2.14. The summed E-state index contributed by atoms with van der Waals surface area (Å²) in [6.07, 6.45) is 9.37. The number of carbonyl (C=O) groups is 2. The number of esters is 2. The number of nitrogens with zero attached hydrogens (tertiary/aromatic N) is 1. The van der Waals surface area contributed by atoms with Crippen LogP contribution in [0.25, 0.3) is 0 Å². The summed E-state index contributed by atoms with van der Waals surface area (Å²) in [6, 6.07) is 5.51. The number of unbranched alkanes of at least 4 members (excludes halogenated alkanes) is 5. The van der Waals surface area contributed by atoms with Crippen molar-refractivity contribution < 1.29 is 24.0 Å². The minimum absolute atomic E-state index is 0.179. The molecule has 7 heteroatoms. The predicted octanol–water partition coefficient (Wildman–Crippen LogP) is 4.74. The van der Waals surface area contributed by atoms with E-state index in [0.29, 0.717) is 0 Å². The zero-order valence-electron chi connectivity index (χ0n) is 15.9. The number of carbonyl (C=O) groups excluding carboxylic acids is 2. The van der Waals surface area contributed by atoms with E-state index in [9.17, 15) is 19.7 Å². The number of nitro benzene ring substituents is 1. The summed E-state index contributed by atoms with van der Waals surface area (Å²) in [5.74, 6) is -1.71. The molecule has 0 bridgehead atoms. The number of para-hydroxylation sites is 2. The number of ether oxygens (including phenoxy) is 2. The third-order valence-electron chi connectivity index (χ3n) is 3.91. The summed E-state index contributed by atoms with van der Waals surface area (Å²) < 4.78 is 10.1. The monoisotopic (exact) mass is 377 g/mol. The highest BCUT2D eigenvalue weighted by molar-refractivity contribution is 5.92. The number of rotatable bonds is 12. The molecule has 1 atom stereocenters. The Morgan fingerprint density at radius 2 is 1.70 bits per heavy atom. The van der Waals surface area contributed by atoms with Gasteiger partial charge in [-0.2, -0.15) is 0 Å². The fourth-order valence-electron chi connectivity index (χ4n) is 2.48. The summed E-state index contributed by atoms with van der Waals surface area (Å²) in [5, 5.41) is 10.9. The third-order valence-corrected chi connectivity index (χ3v) is 3.91. The molecule has 0 saturated heterocycles. The molecule has 0 aliphatic heterocycles. The third kappa shape index (κ3) is 9.53. The fourth-order valence-corrected chi connectivity index (χ4v) is 2.48. The van der Waals surface area contributed by atoms with Gasteiger partial charge in [0.15, 0.2) is 0 Å². The molecular weight excluding hydrogens is 350 g/mol. The number of hydrogen-bond acceptors (Lipinski definition) is 6. The summed E-state index contributed by atoms with van der Waals surface area (Å²) in [4.78, 5) is 33.7. The molecule has 0 radical (unpaired) electrons. The van der Waals surface area contributed by atoms with Gasteiger partial charge in [0.1, 0.15) is 0 Å². The average Bonchev–Trinajstić information content (AvgIpc) is 2.63. The van der Waals surface area contributed by atoms with Gasteiger partial charge in [0.05, 0.1) is 11.0 Å². The van der Waals surface area contributed by atoms with Gasteiger partial charge in [0.25, 0.3) is 0 Å². The largest absolute Gasteiger partial charge is 0.460 e. The lowest BCUT2D eigenvalue weighted by atomic mass is 10.1. The van der Waals surface area contributed by atoms with Gasteiger partial charge in [0, 0.05) is 18.2 Å². The Kier molecular flexibility index (Phi) is 10.4. The molecule has 0 aliphatic carbocycles. The molecule has 0 amide bonds. The molecule has 148 valence electrons. The van der Waals surface area contributed by atoms with E-state index in [1.54, 1.807) is 0 Å². The highest BCUT2D eigenvalue weighted by atomic mass is 16.6. The van der Waals surface area contributed by atoms with Crippen molar-refractivity contribution in [3.05, 3.63) is 46.5 Å². The van der Waals surface area contributed by atoms with E-state index in [2.05, 4.69) is 6.92 Å². The number of nitro groups is 1. The molecule has 1 unspecified atom stereocenters. The minimum atomic E-state index is -0.884. The van der Waals surface area contributed by atoms with Crippen LogP contribution >= 0.6 is 0 Å². The number of benzene rings is 1. The van der Waals surface area contributed by atoms with Gasteiger partial charge in [-0.05, 0) is 25.8 Å². The quantitative estimate of drug-likeness (QED) is 0.130. The molecule has 0 saturated carbocycles. The van der Waals surface area contributed by atoms with Crippen molar-refractivity contribution in [3.63, 3.8) is 0 Å². The van der Waals surface area contributed by atoms with Gasteiger partial charge < -0.3 is 9.47 Å². The van der Waals surface area contributed by atoms with Crippen molar-refractivity contribution in [3.8, 4) is 5.75 Å². The van der Waals surface area contributed by atoms with Gasteiger partial charge in [-0.25, -0.2) is 9.59 Å². The topological polar surface area (TPSA) is 95.7 Å². The Morgan fingerprint density at radius 3 is 2.41 bits per heavy atom. The van der Waals surface area contributed by atoms with E-state index in [0.717, 1.165) is 31.4 Å². The standard InChI is InChI=1S/C20H27NO6/c1-3-4-5-6-7-8-11-16(2)26-19(22)14-15-20(23)27-18-13-10-9-12-17(18)21(24)25/h9-10,12-16H,3-8,11H2,1-2H3/b15-14+. The SMILES string of the molecule is CCCCCCCCC(C)OC(=O)/C=C/C(=O)Oc1ccccc1[N+](=O)[O-]. The van der Waals surface area contributed by atoms with Gasteiger partial charge in [-0.3, -0.25) is 10.1 Å². The molecule has 0 fully saturated rings. The van der Waals surface area contributed by atoms with Gasteiger partial charge in [-0.1, -0.05) is 51.2 Å².